The van der Waals surface area contributed by atoms with Gasteiger partial charge in [0.15, 0.2) is 0 Å². The monoisotopic (exact) mass is 275 g/mol. The summed E-state index contributed by atoms with van der Waals surface area (Å²) in [4.78, 5) is 22.3. The van der Waals surface area contributed by atoms with Gasteiger partial charge in [-0.1, -0.05) is 6.92 Å². The van der Waals surface area contributed by atoms with Crippen molar-refractivity contribution >= 4 is 16.9 Å². The fraction of sp³-hybridized carbons (Fsp3) is 0.333. The van der Waals surface area contributed by atoms with Gasteiger partial charge >= 0.3 is 5.63 Å². The van der Waals surface area contributed by atoms with Crippen molar-refractivity contribution < 1.29 is 19.1 Å². The number of benzene rings is 1. The number of aliphatic carboxylic acids is 1. The van der Waals surface area contributed by atoms with Gasteiger partial charge in [-0.2, -0.15) is 0 Å². The number of hydrogen-bond donors (Lipinski definition) is 0. The fourth-order valence-corrected chi connectivity index (χ4v) is 2.07. The molecule has 0 aliphatic rings. The summed E-state index contributed by atoms with van der Waals surface area (Å²) in [5.41, 5.74) is 1.49. The van der Waals surface area contributed by atoms with Crippen molar-refractivity contribution in [3.63, 3.8) is 0 Å². The number of aryl methyl sites for hydroxylation is 2. The van der Waals surface area contributed by atoms with Gasteiger partial charge in [0.2, 0.25) is 0 Å². The Hall–Kier alpha value is -2.30. The Morgan fingerprint density at radius 1 is 1.45 bits per heavy atom. The van der Waals surface area contributed by atoms with Crippen LogP contribution in [0.4, 0.5) is 0 Å². The zero-order valence-corrected chi connectivity index (χ0v) is 11.6. The molecule has 0 N–H and O–H groups in total. The van der Waals surface area contributed by atoms with E-state index >= 15 is 0 Å². The molecule has 1 aromatic carbocycles. The van der Waals surface area contributed by atoms with E-state index in [1.165, 1.54) is 13.0 Å². The summed E-state index contributed by atoms with van der Waals surface area (Å²) in [7, 11) is 0. The molecule has 0 aliphatic carbocycles. The average molecular weight is 275 g/mol. The van der Waals surface area contributed by atoms with E-state index in [9.17, 15) is 14.7 Å². The van der Waals surface area contributed by atoms with E-state index in [1.807, 2.05) is 6.92 Å². The highest BCUT2D eigenvalue weighted by atomic mass is 16.5. The van der Waals surface area contributed by atoms with Crippen LogP contribution >= 0.6 is 0 Å². The lowest BCUT2D eigenvalue weighted by atomic mass is 10.0. The Balaban J connectivity index is 2.59. The summed E-state index contributed by atoms with van der Waals surface area (Å²) in [6.07, 6.45) is -0.371. The number of ether oxygens (including phenoxy) is 1. The lowest BCUT2D eigenvalue weighted by Gasteiger charge is -2.17. The summed E-state index contributed by atoms with van der Waals surface area (Å²) in [6.45, 7) is 5.06. The lowest BCUT2D eigenvalue weighted by Crippen LogP contribution is -2.37. The quantitative estimate of drug-likeness (QED) is 0.783. The number of hydrogen-bond acceptors (Lipinski definition) is 5. The maximum absolute atomic E-state index is 11.5. The van der Waals surface area contributed by atoms with Crippen LogP contribution in [0.1, 0.15) is 25.0 Å². The van der Waals surface area contributed by atoms with Gasteiger partial charge in [0.25, 0.3) is 0 Å². The van der Waals surface area contributed by atoms with Crippen LogP contribution in [0.25, 0.3) is 11.0 Å². The zero-order valence-electron chi connectivity index (χ0n) is 11.6. The molecule has 0 saturated carbocycles. The third-order valence-electron chi connectivity index (χ3n) is 3.21. The van der Waals surface area contributed by atoms with Crippen LogP contribution in [0.3, 0.4) is 0 Å². The molecule has 0 bridgehead atoms. The first-order chi connectivity index (χ1) is 9.43. The molecule has 2 aromatic rings. The normalized spacial score (nSPS) is 12.3. The SMILES string of the molecule is CCc1cc(=O)oc2c(C)c(O[C@@H](C)C(=O)[O-])ccc12. The number of fused-ring (bicyclic) bond motifs is 1. The Labute approximate surface area is 115 Å². The average Bonchev–Trinajstić information content (AvgIpc) is 2.41. The Kier molecular flexibility index (Phi) is 3.79. The van der Waals surface area contributed by atoms with Crippen molar-refractivity contribution in [1.29, 1.82) is 0 Å². The topological polar surface area (TPSA) is 79.6 Å². The molecular weight excluding hydrogens is 260 g/mol. The highest BCUT2D eigenvalue weighted by Crippen LogP contribution is 2.29. The molecule has 0 spiro atoms. The van der Waals surface area contributed by atoms with E-state index in [0.717, 1.165) is 10.9 Å². The molecule has 1 aromatic heterocycles. The predicted octanol–water partition coefficient (Wildman–Crippen LogP) is 1.18. The minimum absolute atomic E-state index is 0.366. The molecule has 20 heavy (non-hydrogen) atoms. The number of rotatable bonds is 4. The molecule has 1 atom stereocenters. The van der Waals surface area contributed by atoms with Crippen LogP contribution in [0.5, 0.6) is 5.75 Å². The van der Waals surface area contributed by atoms with Crippen molar-refractivity contribution in [2.75, 3.05) is 0 Å². The molecule has 0 radical (unpaired) electrons. The molecule has 0 amide bonds. The van der Waals surface area contributed by atoms with Crippen LogP contribution in [0.2, 0.25) is 0 Å². The van der Waals surface area contributed by atoms with Crippen molar-refractivity contribution in [3.8, 4) is 5.75 Å². The fourth-order valence-electron chi connectivity index (χ4n) is 2.07. The van der Waals surface area contributed by atoms with E-state index < -0.39 is 17.7 Å². The first-order valence-electron chi connectivity index (χ1n) is 6.38. The number of carboxylic acids is 1. The van der Waals surface area contributed by atoms with Crippen LogP contribution in [0.15, 0.2) is 27.4 Å². The Bertz CT molecular complexity index is 714. The summed E-state index contributed by atoms with van der Waals surface area (Å²) in [6, 6.07) is 4.91. The molecule has 0 aliphatic heterocycles. The molecule has 0 saturated heterocycles. The van der Waals surface area contributed by atoms with Crippen LogP contribution < -0.4 is 15.5 Å². The second-order valence-corrected chi connectivity index (χ2v) is 4.59. The number of carbonyl (C=O) groups is 1. The van der Waals surface area contributed by atoms with Gasteiger partial charge in [-0.05, 0) is 38.0 Å². The third-order valence-corrected chi connectivity index (χ3v) is 3.21. The summed E-state index contributed by atoms with van der Waals surface area (Å²) >= 11 is 0. The second kappa shape index (κ2) is 5.36. The second-order valence-electron chi connectivity index (χ2n) is 4.59. The predicted molar refractivity (Wildman–Crippen MR) is 71.7 cm³/mol. The zero-order chi connectivity index (χ0) is 14.9. The molecule has 0 unspecified atom stereocenters. The molecule has 1 heterocycles. The smallest absolute Gasteiger partial charge is 0.336 e. The van der Waals surface area contributed by atoms with E-state index in [1.54, 1.807) is 19.1 Å². The van der Waals surface area contributed by atoms with Gasteiger partial charge < -0.3 is 19.1 Å². The molecule has 106 valence electrons. The van der Waals surface area contributed by atoms with Crippen molar-refractivity contribution in [3.05, 3.63) is 39.7 Å². The van der Waals surface area contributed by atoms with Crippen LogP contribution in [-0.4, -0.2) is 12.1 Å². The summed E-state index contributed by atoms with van der Waals surface area (Å²) in [5, 5.41) is 11.6. The standard InChI is InChI=1S/C15H16O5/c1-4-10-7-13(16)20-14-8(2)12(6-5-11(10)14)19-9(3)15(17)18/h5-7,9H,4H2,1-3H3,(H,17,18)/p-1/t9-/m0/s1. The molecule has 0 fully saturated rings. The van der Waals surface area contributed by atoms with Gasteiger partial charge in [-0.3, -0.25) is 0 Å². The van der Waals surface area contributed by atoms with Crippen LogP contribution in [0, 0.1) is 6.92 Å². The van der Waals surface area contributed by atoms with Gasteiger partial charge in [-0.25, -0.2) is 4.79 Å². The van der Waals surface area contributed by atoms with Gasteiger partial charge in [-0.15, -0.1) is 0 Å². The highest BCUT2D eigenvalue weighted by Gasteiger charge is 2.13. The molecule has 2 rings (SSSR count). The number of carbonyl (C=O) groups excluding carboxylic acids is 1. The van der Waals surface area contributed by atoms with E-state index in [0.29, 0.717) is 23.3 Å². The van der Waals surface area contributed by atoms with E-state index in [-0.39, 0.29) is 0 Å². The van der Waals surface area contributed by atoms with E-state index in [2.05, 4.69) is 0 Å². The molecule has 5 nitrogen and oxygen atoms in total. The van der Waals surface area contributed by atoms with Crippen molar-refractivity contribution in [2.45, 2.75) is 33.3 Å². The first kappa shape index (κ1) is 14.1. The third kappa shape index (κ3) is 2.52. The maximum atomic E-state index is 11.5. The lowest BCUT2D eigenvalue weighted by molar-refractivity contribution is -0.312. The van der Waals surface area contributed by atoms with Crippen molar-refractivity contribution in [2.24, 2.45) is 0 Å². The van der Waals surface area contributed by atoms with Gasteiger partial charge in [0.05, 0.1) is 5.97 Å². The van der Waals surface area contributed by atoms with Gasteiger partial charge in [0.1, 0.15) is 17.4 Å². The van der Waals surface area contributed by atoms with E-state index in [4.69, 9.17) is 9.15 Å². The minimum atomic E-state index is -1.30. The summed E-state index contributed by atoms with van der Waals surface area (Å²) in [5.74, 6) is -0.932. The summed E-state index contributed by atoms with van der Waals surface area (Å²) < 4.78 is 10.5. The van der Waals surface area contributed by atoms with Crippen molar-refractivity contribution in [1.82, 2.24) is 0 Å². The van der Waals surface area contributed by atoms with Gasteiger partial charge in [0, 0.05) is 17.0 Å². The Morgan fingerprint density at radius 2 is 2.15 bits per heavy atom. The minimum Gasteiger partial charge on any atom is -0.546 e. The first-order valence-corrected chi connectivity index (χ1v) is 6.38. The van der Waals surface area contributed by atoms with Crippen LogP contribution in [-0.2, 0) is 11.2 Å². The number of carboxylic acid groups (broad SMARTS) is 1. The highest BCUT2D eigenvalue weighted by molar-refractivity contribution is 5.85. The maximum Gasteiger partial charge on any atom is 0.336 e. The molecule has 5 heteroatoms. The largest absolute Gasteiger partial charge is 0.546 e. The molecular formula is C15H15O5-. The Morgan fingerprint density at radius 3 is 2.75 bits per heavy atom.